The van der Waals surface area contributed by atoms with E-state index in [1.165, 1.54) is 4.90 Å². The third-order valence-electron chi connectivity index (χ3n) is 3.35. The molecule has 2 saturated heterocycles. The van der Waals surface area contributed by atoms with Crippen LogP contribution in [-0.2, 0) is 9.53 Å². The van der Waals surface area contributed by atoms with Gasteiger partial charge in [-0.3, -0.25) is 9.69 Å². The predicted molar refractivity (Wildman–Crippen MR) is 48.0 cm³/mol. The smallest absolute Gasteiger partial charge is 0.308 e. The first-order valence-corrected chi connectivity index (χ1v) is 4.99. The Labute approximate surface area is 90.6 Å². The van der Waals surface area contributed by atoms with E-state index >= 15 is 0 Å². The molecule has 0 aliphatic carbocycles. The fraction of sp³-hybridized carbons (Fsp3) is 0.889. The summed E-state index contributed by atoms with van der Waals surface area (Å²) in [6.45, 7) is -0.154. The topological polar surface area (TPSA) is 70.0 Å². The lowest BCUT2D eigenvalue weighted by molar-refractivity contribution is -0.295. The van der Waals surface area contributed by atoms with Gasteiger partial charge in [-0.1, -0.05) is 0 Å². The Bertz CT molecular complexity index is 301. The Kier molecular flexibility index (Phi) is 2.85. The number of hydrogen-bond acceptors (Lipinski definition) is 4. The first-order chi connectivity index (χ1) is 7.45. The first-order valence-electron chi connectivity index (χ1n) is 4.99. The summed E-state index contributed by atoms with van der Waals surface area (Å²) in [5.74, 6) is -1.91. The highest BCUT2D eigenvalue weighted by atomic mass is 19.3. The SMILES string of the molecule is O=C(O)[C@@H]1CN(CC(F)F)CC12COC2O. The molecule has 2 rings (SSSR count). The van der Waals surface area contributed by atoms with Gasteiger partial charge in [0.25, 0.3) is 6.43 Å². The van der Waals surface area contributed by atoms with Gasteiger partial charge in [0.2, 0.25) is 0 Å². The molecule has 2 heterocycles. The highest BCUT2D eigenvalue weighted by Crippen LogP contribution is 2.46. The molecule has 2 aliphatic heterocycles. The van der Waals surface area contributed by atoms with Gasteiger partial charge in [0.1, 0.15) is 0 Å². The van der Waals surface area contributed by atoms with E-state index in [0.717, 1.165) is 0 Å². The van der Waals surface area contributed by atoms with Crippen LogP contribution in [0, 0.1) is 11.3 Å². The summed E-state index contributed by atoms with van der Waals surface area (Å²) in [4.78, 5) is 12.4. The summed E-state index contributed by atoms with van der Waals surface area (Å²) in [5, 5.41) is 18.5. The first kappa shape index (κ1) is 11.7. The van der Waals surface area contributed by atoms with Gasteiger partial charge in [-0.15, -0.1) is 0 Å². The minimum atomic E-state index is -2.50. The van der Waals surface area contributed by atoms with Crippen molar-refractivity contribution in [3.63, 3.8) is 0 Å². The number of carboxylic acids is 1. The average Bonchev–Trinajstić information content (AvgIpc) is 2.56. The van der Waals surface area contributed by atoms with Crippen molar-refractivity contribution in [3.05, 3.63) is 0 Å². The third-order valence-corrected chi connectivity index (χ3v) is 3.35. The number of hydrogen-bond donors (Lipinski definition) is 2. The minimum absolute atomic E-state index is 0.0418. The van der Waals surface area contributed by atoms with Gasteiger partial charge >= 0.3 is 5.97 Å². The van der Waals surface area contributed by atoms with Crippen LogP contribution >= 0.6 is 0 Å². The second-order valence-corrected chi connectivity index (χ2v) is 4.37. The molecule has 16 heavy (non-hydrogen) atoms. The lowest BCUT2D eigenvalue weighted by atomic mass is 9.74. The molecule has 0 bridgehead atoms. The number of ether oxygens (including phenoxy) is 1. The van der Waals surface area contributed by atoms with Crippen molar-refractivity contribution >= 4 is 5.97 Å². The zero-order valence-corrected chi connectivity index (χ0v) is 8.47. The molecule has 1 spiro atoms. The van der Waals surface area contributed by atoms with E-state index in [2.05, 4.69) is 0 Å². The van der Waals surface area contributed by atoms with E-state index in [1.807, 2.05) is 0 Å². The molecule has 7 heteroatoms. The third kappa shape index (κ3) is 1.68. The van der Waals surface area contributed by atoms with Gasteiger partial charge in [0.05, 0.1) is 24.5 Å². The number of halogens is 2. The second-order valence-electron chi connectivity index (χ2n) is 4.37. The lowest BCUT2D eigenvalue weighted by Crippen LogP contribution is -2.58. The maximum absolute atomic E-state index is 12.2. The molecule has 0 amide bonds. The van der Waals surface area contributed by atoms with Crippen molar-refractivity contribution in [2.75, 3.05) is 26.2 Å². The number of carbonyl (C=O) groups is 1. The number of aliphatic hydroxyl groups is 1. The quantitative estimate of drug-likeness (QED) is 0.699. The molecule has 3 atom stereocenters. The van der Waals surface area contributed by atoms with E-state index in [0.29, 0.717) is 0 Å². The predicted octanol–water partition coefficient (Wildman–Crippen LogP) is -0.397. The molecule has 2 unspecified atom stereocenters. The number of aliphatic hydroxyl groups excluding tert-OH is 1. The summed E-state index contributed by atoms with van der Waals surface area (Å²) >= 11 is 0. The summed E-state index contributed by atoms with van der Waals surface area (Å²) in [6, 6.07) is 0. The zero-order valence-electron chi connectivity index (χ0n) is 8.47. The minimum Gasteiger partial charge on any atom is -0.481 e. The van der Waals surface area contributed by atoms with Crippen LogP contribution in [0.15, 0.2) is 0 Å². The molecular formula is C9H13F2NO4. The van der Waals surface area contributed by atoms with Gasteiger partial charge in [-0.05, 0) is 0 Å². The van der Waals surface area contributed by atoms with Crippen LogP contribution in [0.1, 0.15) is 0 Å². The lowest BCUT2D eigenvalue weighted by Gasteiger charge is -2.45. The molecule has 0 saturated carbocycles. The summed E-state index contributed by atoms with van der Waals surface area (Å²) < 4.78 is 29.2. The Morgan fingerprint density at radius 3 is 2.62 bits per heavy atom. The van der Waals surface area contributed by atoms with Crippen LogP contribution in [0.2, 0.25) is 0 Å². The Morgan fingerprint density at radius 2 is 2.31 bits per heavy atom. The molecule has 5 nitrogen and oxygen atoms in total. The van der Waals surface area contributed by atoms with E-state index in [9.17, 15) is 18.7 Å². The summed E-state index contributed by atoms with van der Waals surface area (Å²) in [7, 11) is 0. The van der Waals surface area contributed by atoms with Gasteiger partial charge in [-0.25, -0.2) is 8.78 Å². The fourth-order valence-corrected chi connectivity index (χ4v) is 2.46. The highest BCUT2D eigenvalue weighted by molar-refractivity contribution is 5.72. The van der Waals surface area contributed by atoms with Crippen LogP contribution < -0.4 is 0 Å². The van der Waals surface area contributed by atoms with Crippen molar-refractivity contribution in [1.29, 1.82) is 0 Å². The van der Waals surface area contributed by atoms with E-state index in [-0.39, 0.29) is 19.7 Å². The number of rotatable bonds is 3. The van der Waals surface area contributed by atoms with Crippen LogP contribution in [0.25, 0.3) is 0 Å². The summed E-state index contributed by atoms with van der Waals surface area (Å²) in [5.41, 5.74) is -0.902. The van der Waals surface area contributed by atoms with Crippen molar-refractivity contribution in [2.45, 2.75) is 12.7 Å². The van der Waals surface area contributed by atoms with Crippen molar-refractivity contribution in [2.24, 2.45) is 11.3 Å². The number of likely N-dealkylation sites (tertiary alicyclic amines) is 1. The average molecular weight is 237 g/mol. The van der Waals surface area contributed by atoms with Crippen LogP contribution in [0.4, 0.5) is 8.78 Å². The van der Waals surface area contributed by atoms with Crippen molar-refractivity contribution in [1.82, 2.24) is 4.90 Å². The van der Waals surface area contributed by atoms with E-state index < -0.39 is 36.6 Å². The number of nitrogens with zero attached hydrogens (tertiary/aromatic N) is 1. The zero-order chi connectivity index (χ0) is 11.9. The monoisotopic (exact) mass is 237 g/mol. The van der Waals surface area contributed by atoms with Crippen LogP contribution in [-0.4, -0.2) is 60.0 Å². The molecule has 2 N–H and O–H groups in total. The Morgan fingerprint density at radius 1 is 1.62 bits per heavy atom. The van der Waals surface area contributed by atoms with Gasteiger partial charge < -0.3 is 14.9 Å². The molecule has 0 aromatic rings. The van der Waals surface area contributed by atoms with Gasteiger partial charge in [0.15, 0.2) is 6.29 Å². The number of alkyl halides is 2. The Hall–Kier alpha value is -0.790. The van der Waals surface area contributed by atoms with Gasteiger partial charge in [-0.2, -0.15) is 0 Å². The molecule has 0 aromatic heterocycles. The summed E-state index contributed by atoms with van der Waals surface area (Å²) in [6.07, 6.45) is -3.65. The van der Waals surface area contributed by atoms with E-state index in [1.54, 1.807) is 0 Å². The van der Waals surface area contributed by atoms with E-state index in [4.69, 9.17) is 9.84 Å². The van der Waals surface area contributed by atoms with Crippen LogP contribution in [0.3, 0.4) is 0 Å². The second kappa shape index (κ2) is 3.90. The largest absolute Gasteiger partial charge is 0.481 e. The normalized spacial score (nSPS) is 39.2. The molecule has 92 valence electrons. The number of carboxylic acid groups (broad SMARTS) is 1. The van der Waals surface area contributed by atoms with Gasteiger partial charge in [0, 0.05) is 13.1 Å². The standard InChI is InChI=1S/C9H13F2NO4/c10-6(11)2-12-1-5(7(13)14)9(3-12)4-16-8(9)15/h5-6,8,15H,1-4H2,(H,13,14)/t5-,8?,9?/m0/s1. The highest BCUT2D eigenvalue weighted by Gasteiger charge is 2.61. The Balaban J connectivity index is 2.09. The molecular weight excluding hydrogens is 224 g/mol. The van der Waals surface area contributed by atoms with Crippen LogP contribution in [0.5, 0.6) is 0 Å². The molecule has 0 aromatic carbocycles. The molecule has 2 aliphatic rings. The molecule has 0 radical (unpaired) electrons. The maximum atomic E-state index is 12.2. The fourth-order valence-electron chi connectivity index (χ4n) is 2.46. The maximum Gasteiger partial charge on any atom is 0.308 e. The number of aliphatic carboxylic acids is 1. The molecule has 2 fully saturated rings. The van der Waals surface area contributed by atoms with Crippen molar-refractivity contribution < 1.29 is 28.5 Å². The van der Waals surface area contributed by atoms with Crippen molar-refractivity contribution in [3.8, 4) is 0 Å².